The number of nitrogens with one attached hydrogen (secondary N) is 3. The van der Waals surface area contributed by atoms with E-state index in [1.165, 1.54) is 24.7 Å². The van der Waals surface area contributed by atoms with Crippen molar-refractivity contribution in [2.45, 2.75) is 6.54 Å². The van der Waals surface area contributed by atoms with Crippen molar-refractivity contribution in [2.24, 2.45) is 0 Å². The number of amides is 2. The molecule has 4 heterocycles. The molecule has 0 saturated carbocycles. The molecule has 0 radical (unpaired) electrons. The molecule has 0 unspecified atom stereocenters. The van der Waals surface area contributed by atoms with Gasteiger partial charge >= 0.3 is 0 Å². The SMILES string of the molecule is O=C1NC(=O)C(c2cn(Cc3ccc4[nH]cnc4c3)c3ccc(F)cc23)=C1c1cnc[nH]1. The van der Waals surface area contributed by atoms with E-state index in [1.807, 2.05) is 22.8 Å². The second kappa shape index (κ2) is 6.74. The summed E-state index contributed by atoms with van der Waals surface area (Å²) in [5.41, 5.74) is 4.79. The van der Waals surface area contributed by atoms with Crippen LogP contribution in [0.4, 0.5) is 4.39 Å². The molecule has 6 rings (SSSR count). The van der Waals surface area contributed by atoms with E-state index >= 15 is 0 Å². The molecule has 0 spiro atoms. The van der Waals surface area contributed by atoms with Crippen LogP contribution in [0.2, 0.25) is 0 Å². The van der Waals surface area contributed by atoms with E-state index in [9.17, 15) is 14.0 Å². The molecule has 0 fully saturated rings. The van der Waals surface area contributed by atoms with Crippen LogP contribution in [0.5, 0.6) is 0 Å². The Bertz CT molecular complexity index is 1570. The molecular weight excluding hydrogens is 411 g/mol. The largest absolute Gasteiger partial charge is 0.345 e. The van der Waals surface area contributed by atoms with Gasteiger partial charge < -0.3 is 14.5 Å². The molecule has 2 aromatic carbocycles. The normalized spacial score (nSPS) is 14.2. The van der Waals surface area contributed by atoms with E-state index in [0.717, 1.165) is 22.1 Å². The van der Waals surface area contributed by atoms with Crippen LogP contribution in [-0.4, -0.2) is 36.3 Å². The highest BCUT2D eigenvalue weighted by Gasteiger charge is 2.34. The third kappa shape index (κ3) is 2.75. The quantitative estimate of drug-likeness (QED) is 0.384. The zero-order valence-corrected chi connectivity index (χ0v) is 16.5. The summed E-state index contributed by atoms with van der Waals surface area (Å²) in [4.78, 5) is 39.5. The second-order valence-corrected chi connectivity index (χ2v) is 7.58. The maximum Gasteiger partial charge on any atom is 0.261 e. The first-order chi connectivity index (χ1) is 15.6. The number of hydrogen-bond acceptors (Lipinski definition) is 4. The highest BCUT2D eigenvalue weighted by atomic mass is 19.1. The summed E-state index contributed by atoms with van der Waals surface area (Å²) in [6, 6.07) is 10.3. The van der Waals surface area contributed by atoms with Gasteiger partial charge in [0.2, 0.25) is 0 Å². The van der Waals surface area contributed by atoms with Crippen molar-refractivity contribution in [3.05, 3.63) is 84.1 Å². The van der Waals surface area contributed by atoms with Gasteiger partial charge in [0.15, 0.2) is 0 Å². The van der Waals surface area contributed by atoms with Gasteiger partial charge in [-0.2, -0.15) is 0 Å². The van der Waals surface area contributed by atoms with Crippen LogP contribution in [-0.2, 0) is 16.1 Å². The van der Waals surface area contributed by atoms with Gasteiger partial charge in [-0.05, 0) is 35.9 Å². The first-order valence-electron chi connectivity index (χ1n) is 9.88. The van der Waals surface area contributed by atoms with E-state index in [0.29, 0.717) is 23.2 Å². The summed E-state index contributed by atoms with van der Waals surface area (Å²) in [7, 11) is 0. The number of imidazole rings is 2. The average molecular weight is 426 g/mol. The monoisotopic (exact) mass is 426 g/mol. The summed E-state index contributed by atoms with van der Waals surface area (Å²) in [6.45, 7) is 0.479. The lowest BCUT2D eigenvalue weighted by Gasteiger charge is -2.06. The Labute approximate surface area is 179 Å². The van der Waals surface area contributed by atoms with Gasteiger partial charge in [0.05, 0.1) is 46.7 Å². The van der Waals surface area contributed by atoms with Crippen molar-refractivity contribution in [3.8, 4) is 0 Å². The van der Waals surface area contributed by atoms with Crippen LogP contribution in [0, 0.1) is 5.82 Å². The number of imide groups is 1. The van der Waals surface area contributed by atoms with Crippen LogP contribution in [0.1, 0.15) is 16.8 Å². The van der Waals surface area contributed by atoms with Gasteiger partial charge in [0, 0.05) is 29.2 Å². The summed E-state index contributed by atoms with van der Waals surface area (Å²) in [6.07, 6.45) is 6.33. The van der Waals surface area contributed by atoms with Crippen molar-refractivity contribution >= 4 is 44.9 Å². The molecule has 0 bridgehead atoms. The molecule has 3 aromatic heterocycles. The van der Waals surface area contributed by atoms with Crippen LogP contribution in [0.3, 0.4) is 0 Å². The lowest BCUT2D eigenvalue weighted by Crippen LogP contribution is -2.22. The van der Waals surface area contributed by atoms with Gasteiger partial charge in [0.25, 0.3) is 11.8 Å². The Morgan fingerprint density at radius 3 is 2.69 bits per heavy atom. The molecule has 9 heteroatoms. The number of carbonyl (C=O) groups excluding carboxylic acids is 2. The standard InChI is InChI=1S/C23H15FN6O2/c24-13-2-4-19-14(6-13)15(20-21(18-7-25-10-26-18)23(32)29-22(20)31)9-30(19)8-12-1-3-16-17(5-12)28-11-27-16/h1-7,9-11H,8H2,(H,25,26)(H,27,28)(H,29,31,32). The molecule has 8 nitrogen and oxygen atoms in total. The van der Waals surface area contributed by atoms with Gasteiger partial charge in [-0.1, -0.05) is 6.07 Å². The molecule has 1 aliphatic heterocycles. The van der Waals surface area contributed by atoms with Crippen LogP contribution in [0.15, 0.2) is 61.4 Å². The summed E-state index contributed by atoms with van der Waals surface area (Å²) < 4.78 is 16.1. The maximum atomic E-state index is 14.2. The Balaban J connectivity index is 1.55. The zero-order valence-electron chi connectivity index (χ0n) is 16.5. The van der Waals surface area contributed by atoms with E-state index in [2.05, 4.69) is 25.3 Å². The third-order valence-electron chi connectivity index (χ3n) is 5.65. The molecule has 0 aliphatic carbocycles. The molecule has 5 aromatic rings. The van der Waals surface area contributed by atoms with E-state index in [1.54, 1.807) is 18.6 Å². The molecule has 0 atom stereocenters. The molecule has 1 aliphatic rings. The van der Waals surface area contributed by atoms with Gasteiger partial charge in [-0.15, -0.1) is 0 Å². The Morgan fingerprint density at radius 1 is 0.969 bits per heavy atom. The smallest absolute Gasteiger partial charge is 0.261 e. The zero-order chi connectivity index (χ0) is 21.8. The topological polar surface area (TPSA) is 108 Å². The maximum absolute atomic E-state index is 14.2. The number of benzene rings is 2. The summed E-state index contributed by atoms with van der Waals surface area (Å²) in [5.74, 6) is -1.47. The van der Waals surface area contributed by atoms with E-state index < -0.39 is 17.6 Å². The average Bonchev–Trinajstić information content (AvgIpc) is 3.55. The predicted molar refractivity (Wildman–Crippen MR) is 116 cm³/mol. The molecule has 2 amide bonds. The minimum atomic E-state index is -0.527. The van der Waals surface area contributed by atoms with Gasteiger partial charge in [-0.3, -0.25) is 14.9 Å². The van der Waals surface area contributed by atoms with Crippen LogP contribution in [0.25, 0.3) is 33.1 Å². The van der Waals surface area contributed by atoms with Gasteiger partial charge in [-0.25, -0.2) is 14.4 Å². The minimum Gasteiger partial charge on any atom is -0.345 e. The molecule has 32 heavy (non-hydrogen) atoms. The summed E-state index contributed by atoms with van der Waals surface area (Å²) >= 11 is 0. The lowest BCUT2D eigenvalue weighted by atomic mass is 9.99. The van der Waals surface area contributed by atoms with Crippen molar-refractivity contribution in [1.82, 2.24) is 29.8 Å². The fraction of sp³-hybridized carbons (Fsp3) is 0.0435. The number of fused-ring (bicyclic) bond motifs is 2. The third-order valence-corrected chi connectivity index (χ3v) is 5.65. The highest BCUT2D eigenvalue weighted by Crippen LogP contribution is 2.36. The molecule has 0 saturated heterocycles. The van der Waals surface area contributed by atoms with Gasteiger partial charge in [0.1, 0.15) is 5.82 Å². The Hall–Kier alpha value is -4.53. The molecule has 3 N–H and O–H groups in total. The lowest BCUT2D eigenvalue weighted by molar-refractivity contribution is -0.122. The minimum absolute atomic E-state index is 0.189. The number of H-pyrrole nitrogens is 2. The number of nitrogens with zero attached hydrogens (tertiary/aromatic N) is 3. The number of aromatic nitrogens is 5. The number of carbonyl (C=O) groups is 2. The first kappa shape index (κ1) is 18.3. The van der Waals surface area contributed by atoms with Crippen molar-refractivity contribution in [2.75, 3.05) is 0 Å². The fourth-order valence-corrected chi connectivity index (χ4v) is 4.23. The number of aromatic amines is 2. The predicted octanol–water partition coefficient (Wildman–Crippen LogP) is 3.00. The first-order valence-corrected chi connectivity index (χ1v) is 9.88. The Kier molecular flexibility index (Phi) is 3.85. The van der Waals surface area contributed by atoms with E-state index in [-0.39, 0.29) is 11.1 Å². The Morgan fingerprint density at radius 2 is 1.84 bits per heavy atom. The highest BCUT2D eigenvalue weighted by molar-refractivity contribution is 6.49. The number of halogens is 1. The van der Waals surface area contributed by atoms with Crippen molar-refractivity contribution in [3.63, 3.8) is 0 Å². The fourth-order valence-electron chi connectivity index (χ4n) is 4.23. The second-order valence-electron chi connectivity index (χ2n) is 7.58. The van der Waals surface area contributed by atoms with Crippen LogP contribution < -0.4 is 5.32 Å². The molecule has 156 valence electrons. The van der Waals surface area contributed by atoms with Crippen LogP contribution >= 0.6 is 0 Å². The van der Waals surface area contributed by atoms with E-state index in [4.69, 9.17) is 0 Å². The summed E-state index contributed by atoms with van der Waals surface area (Å²) in [5, 5.41) is 2.89. The number of rotatable bonds is 4. The number of hydrogen-bond donors (Lipinski definition) is 3. The van der Waals surface area contributed by atoms with Crippen molar-refractivity contribution < 1.29 is 14.0 Å². The van der Waals surface area contributed by atoms with Crippen molar-refractivity contribution in [1.29, 1.82) is 0 Å². The molecular formula is C23H15FN6O2.